The number of benzene rings is 1. The minimum atomic E-state index is 0.174. The van der Waals surface area contributed by atoms with Crippen molar-refractivity contribution in [3.05, 3.63) is 42.1 Å². The second-order valence-electron chi connectivity index (χ2n) is 4.71. The molecule has 0 amide bonds. The van der Waals surface area contributed by atoms with Crippen LogP contribution in [0.25, 0.3) is 0 Å². The van der Waals surface area contributed by atoms with Gasteiger partial charge in [-0.05, 0) is 57.2 Å². The van der Waals surface area contributed by atoms with Crippen molar-refractivity contribution in [2.45, 2.75) is 26.9 Å². The van der Waals surface area contributed by atoms with E-state index in [9.17, 15) is 0 Å². The van der Waals surface area contributed by atoms with Gasteiger partial charge in [0.25, 0.3) is 0 Å². The topological polar surface area (TPSA) is 60.2 Å². The highest BCUT2D eigenvalue weighted by Crippen LogP contribution is 2.23. The fourth-order valence-corrected chi connectivity index (χ4v) is 1.69. The zero-order valence-corrected chi connectivity index (χ0v) is 11.5. The van der Waals surface area contributed by atoms with Gasteiger partial charge in [0.2, 0.25) is 0 Å². The van der Waals surface area contributed by atoms with Crippen LogP contribution in [0.4, 0.5) is 17.2 Å². The Morgan fingerprint density at radius 2 is 1.79 bits per heavy atom. The molecule has 0 saturated heterocycles. The lowest BCUT2D eigenvalue weighted by Crippen LogP contribution is -2.05. The van der Waals surface area contributed by atoms with E-state index in [1.165, 1.54) is 0 Å². The van der Waals surface area contributed by atoms with E-state index < -0.39 is 0 Å². The maximum Gasteiger partial charge on any atom is 0.153 e. The average molecular weight is 257 g/mol. The van der Waals surface area contributed by atoms with Gasteiger partial charge in [-0.25, -0.2) is 4.98 Å². The Bertz CT molecular complexity index is 550. The zero-order valence-electron chi connectivity index (χ0n) is 11.5. The number of rotatable bonds is 4. The van der Waals surface area contributed by atoms with Crippen molar-refractivity contribution in [2.24, 2.45) is 0 Å². The van der Waals surface area contributed by atoms with Gasteiger partial charge in [-0.3, -0.25) is 0 Å². The molecule has 3 N–H and O–H groups in total. The number of nitrogens with one attached hydrogen (secondary N) is 1. The molecule has 0 atom stereocenters. The molecule has 19 heavy (non-hydrogen) atoms. The van der Waals surface area contributed by atoms with Crippen LogP contribution in [0.3, 0.4) is 0 Å². The quantitative estimate of drug-likeness (QED) is 0.880. The first-order valence-corrected chi connectivity index (χ1v) is 6.31. The van der Waals surface area contributed by atoms with Gasteiger partial charge >= 0.3 is 0 Å². The van der Waals surface area contributed by atoms with Crippen LogP contribution >= 0.6 is 0 Å². The largest absolute Gasteiger partial charge is 0.491 e. The summed E-state index contributed by atoms with van der Waals surface area (Å²) >= 11 is 0. The molecule has 0 radical (unpaired) electrons. The predicted molar refractivity (Wildman–Crippen MR) is 78.9 cm³/mol. The first-order valence-electron chi connectivity index (χ1n) is 6.31. The molecule has 1 aromatic carbocycles. The van der Waals surface area contributed by atoms with Gasteiger partial charge in [-0.15, -0.1) is 0 Å². The smallest absolute Gasteiger partial charge is 0.153 e. The Morgan fingerprint density at radius 3 is 2.42 bits per heavy atom. The van der Waals surface area contributed by atoms with E-state index in [0.717, 1.165) is 17.1 Å². The predicted octanol–water partition coefficient (Wildman–Crippen LogP) is 3.50. The summed E-state index contributed by atoms with van der Waals surface area (Å²) in [5, 5.41) is 3.20. The fourth-order valence-electron chi connectivity index (χ4n) is 1.69. The van der Waals surface area contributed by atoms with Gasteiger partial charge in [-0.2, -0.15) is 0 Å². The number of hydrogen-bond acceptors (Lipinski definition) is 4. The number of nitrogen functional groups attached to an aromatic ring is 1. The number of pyridine rings is 1. The number of nitrogens with zero attached hydrogens (tertiary/aromatic N) is 1. The van der Waals surface area contributed by atoms with Gasteiger partial charge < -0.3 is 15.8 Å². The van der Waals surface area contributed by atoms with Crippen LogP contribution in [0.15, 0.2) is 36.4 Å². The minimum absolute atomic E-state index is 0.174. The molecule has 0 unspecified atom stereocenters. The highest BCUT2D eigenvalue weighted by Gasteiger charge is 2.03. The Morgan fingerprint density at radius 1 is 1.11 bits per heavy atom. The Labute approximate surface area is 113 Å². The highest BCUT2D eigenvalue weighted by molar-refractivity contribution is 5.68. The molecule has 2 aromatic rings. The van der Waals surface area contributed by atoms with Crippen LogP contribution in [0.1, 0.15) is 19.5 Å². The summed E-state index contributed by atoms with van der Waals surface area (Å²) in [4.78, 5) is 4.37. The lowest BCUT2D eigenvalue weighted by Gasteiger charge is -2.12. The fraction of sp³-hybridized carbons (Fsp3) is 0.267. The van der Waals surface area contributed by atoms with Crippen molar-refractivity contribution >= 4 is 17.2 Å². The second-order valence-corrected chi connectivity index (χ2v) is 4.71. The minimum Gasteiger partial charge on any atom is -0.491 e. The van der Waals surface area contributed by atoms with Crippen molar-refractivity contribution in [3.8, 4) is 5.75 Å². The number of hydrogen-bond donors (Lipinski definition) is 2. The van der Waals surface area contributed by atoms with E-state index in [1.54, 1.807) is 0 Å². The maximum atomic E-state index is 5.88. The van der Waals surface area contributed by atoms with E-state index in [0.29, 0.717) is 11.5 Å². The molecule has 0 spiro atoms. The van der Waals surface area contributed by atoms with E-state index in [-0.39, 0.29) is 6.10 Å². The van der Waals surface area contributed by atoms with Gasteiger partial charge in [0.15, 0.2) is 5.82 Å². The zero-order chi connectivity index (χ0) is 13.8. The first kappa shape index (κ1) is 13.2. The van der Waals surface area contributed by atoms with Gasteiger partial charge in [-0.1, -0.05) is 0 Å². The Balaban J connectivity index is 2.13. The SMILES string of the molecule is Cc1ccc(N)c(Nc2ccc(OC(C)C)cc2)n1. The summed E-state index contributed by atoms with van der Waals surface area (Å²) in [6.07, 6.45) is 0.174. The highest BCUT2D eigenvalue weighted by atomic mass is 16.5. The summed E-state index contributed by atoms with van der Waals surface area (Å²) in [6, 6.07) is 11.5. The number of nitrogens with two attached hydrogens (primary N) is 1. The molecular weight excluding hydrogens is 238 g/mol. The average Bonchev–Trinajstić information content (AvgIpc) is 2.35. The summed E-state index contributed by atoms with van der Waals surface area (Å²) in [7, 11) is 0. The molecule has 0 fully saturated rings. The first-order chi connectivity index (χ1) is 9.04. The Kier molecular flexibility index (Phi) is 3.90. The van der Waals surface area contributed by atoms with E-state index in [2.05, 4.69) is 10.3 Å². The number of aromatic nitrogens is 1. The van der Waals surface area contributed by atoms with Crippen LogP contribution in [0, 0.1) is 6.92 Å². The normalized spacial score (nSPS) is 10.5. The third-order valence-corrected chi connectivity index (χ3v) is 2.55. The van der Waals surface area contributed by atoms with E-state index in [1.807, 2.05) is 57.2 Å². The standard InChI is InChI=1S/C15H19N3O/c1-10(2)19-13-7-5-12(6-8-13)18-15-14(16)9-4-11(3)17-15/h4-10H,16H2,1-3H3,(H,17,18). The number of anilines is 3. The van der Waals surface area contributed by atoms with E-state index in [4.69, 9.17) is 10.5 Å². The van der Waals surface area contributed by atoms with Crippen LogP contribution < -0.4 is 15.8 Å². The van der Waals surface area contributed by atoms with Gasteiger partial charge in [0.05, 0.1) is 11.8 Å². The van der Waals surface area contributed by atoms with Crippen molar-refractivity contribution in [1.82, 2.24) is 4.98 Å². The molecule has 0 saturated carbocycles. The molecule has 0 aliphatic heterocycles. The van der Waals surface area contributed by atoms with Crippen molar-refractivity contribution in [1.29, 1.82) is 0 Å². The summed E-state index contributed by atoms with van der Waals surface area (Å²) in [5.41, 5.74) is 8.37. The number of aryl methyl sites for hydroxylation is 1. The third-order valence-electron chi connectivity index (χ3n) is 2.55. The molecular formula is C15H19N3O. The summed E-state index contributed by atoms with van der Waals surface area (Å²) in [5.74, 6) is 1.53. The van der Waals surface area contributed by atoms with Crippen molar-refractivity contribution in [3.63, 3.8) is 0 Å². The van der Waals surface area contributed by atoms with Gasteiger partial charge in [0.1, 0.15) is 5.75 Å². The molecule has 4 nitrogen and oxygen atoms in total. The Hall–Kier alpha value is -2.23. The molecule has 0 aliphatic carbocycles. The second kappa shape index (κ2) is 5.61. The number of ether oxygens (including phenoxy) is 1. The molecule has 0 aliphatic rings. The maximum absolute atomic E-state index is 5.88. The van der Waals surface area contributed by atoms with Crippen LogP contribution in [-0.2, 0) is 0 Å². The van der Waals surface area contributed by atoms with Crippen molar-refractivity contribution in [2.75, 3.05) is 11.1 Å². The van der Waals surface area contributed by atoms with Crippen molar-refractivity contribution < 1.29 is 4.74 Å². The third kappa shape index (κ3) is 3.61. The molecule has 2 rings (SSSR count). The molecule has 4 heteroatoms. The summed E-state index contributed by atoms with van der Waals surface area (Å²) in [6.45, 7) is 5.94. The van der Waals surface area contributed by atoms with Gasteiger partial charge in [0, 0.05) is 11.4 Å². The molecule has 1 heterocycles. The van der Waals surface area contributed by atoms with Crippen LogP contribution in [0.5, 0.6) is 5.75 Å². The van der Waals surface area contributed by atoms with Crippen LogP contribution in [-0.4, -0.2) is 11.1 Å². The van der Waals surface area contributed by atoms with Crippen LogP contribution in [0.2, 0.25) is 0 Å². The molecule has 0 bridgehead atoms. The monoisotopic (exact) mass is 257 g/mol. The molecule has 100 valence electrons. The molecule has 1 aromatic heterocycles. The van der Waals surface area contributed by atoms with E-state index >= 15 is 0 Å². The lowest BCUT2D eigenvalue weighted by molar-refractivity contribution is 0.242. The summed E-state index contributed by atoms with van der Waals surface area (Å²) < 4.78 is 5.59. The lowest BCUT2D eigenvalue weighted by atomic mass is 10.2.